The molecular weight excluding hydrogens is 412 g/mol. The third-order valence-corrected chi connectivity index (χ3v) is 6.85. The number of aromatic nitrogens is 2. The van der Waals surface area contributed by atoms with E-state index in [4.69, 9.17) is 21.3 Å². The van der Waals surface area contributed by atoms with Gasteiger partial charge in [-0.15, -0.1) is 0 Å². The van der Waals surface area contributed by atoms with E-state index in [-0.39, 0.29) is 5.91 Å². The van der Waals surface area contributed by atoms with Crippen LogP contribution in [0.2, 0.25) is 5.02 Å². The Balaban J connectivity index is 1.70. The summed E-state index contributed by atoms with van der Waals surface area (Å²) in [5.74, 6) is 1.93. The van der Waals surface area contributed by atoms with Crippen LogP contribution in [-0.4, -0.2) is 40.7 Å². The van der Waals surface area contributed by atoms with E-state index in [1.807, 2.05) is 30.1 Å². The predicted molar refractivity (Wildman–Crippen MR) is 123 cm³/mol. The first kappa shape index (κ1) is 22.2. The molecule has 1 amide bonds. The van der Waals surface area contributed by atoms with Crippen molar-refractivity contribution in [3.8, 4) is 17.1 Å². The summed E-state index contributed by atoms with van der Waals surface area (Å²) >= 11 is 6.33. The monoisotopic (exact) mass is 444 g/mol. The largest absolute Gasteiger partial charge is 0.496 e. The number of halogens is 1. The van der Waals surface area contributed by atoms with E-state index in [0.717, 1.165) is 49.6 Å². The first-order chi connectivity index (χ1) is 15.1. The molecule has 4 rings (SSSR count). The molecule has 2 aromatic rings. The third-order valence-electron chi connectivity index (χ3n) is 6.62. The molecule has 0 radical (unpaired) electrons. The van der Waals surface area contributed by atoms with Crippen LogP contribution in [0.25, 0.3) is 11.4 Å². The maximum Gasteiger partial charge on any atom is 0.286 e. The SMILES string of the molecule is COc1ccc(Cl)cc1-c1nc(C(=O)NN2CCCCC2)c(C)n1CC1CCCCC1. The summed E-state index contributed by atoms with van der Waals surface area (Å²) in [5, 5.41) is 2.64. The van der Waals surface area contributed by atoms with Crippen LogP contribution in [-0.2, 0) is 6.54 Å². The molecule has 1 aromatic heterocycles. The van der Waals surface area contributed by atoms with Gasteiger partial charge < -0.3 is 9.30 Å². The minimum absolute atomic E-state index is 0.135. The summed E-state index contributed by atoms with van der Waals surface area (Å²) in [6.07, 6.45) is 9.75. The zero-order chi connectivity index (χ0) is 21.8. The lowest BCUT2D eigenvalue weighted by molar-refractivity contribution is 0.0744. The molecule has 31 heavy (non-hydrogen) atoms. The van der Waals surface area contributed by atoms with Gasteiger partial charge in [-0.25, -0.2) is 9.99 Å². The molecule has 0 atom stereocenters. The van der Waals surface area contributed by atoms with Crippen molar-refractivity contribution in [3.05, 3.63) is 34.6 Å². The summed E-state index contributed by atoms with van der Waals surface area (Å²) in [4.78, 5) is 18.0. The number of hydrogen-bond acceptors (Lipinski definition) is 4. The van der Waals surface area contributed by atoms with Gasteiger partial charge in [-0.3, -0.25) is 10.2 Å². The van der Waals surface area contributed by atoms with E-state index in [1.165, 1.54) is 38.5 Å². The number of imidazole rings is 1. The number of carbonyl (C=O) groups is 1. The molecular formula is C24H33ClN4O2. The summed E-state index contributed by atoms with van der Waals surface area (Å²) < 4.78 is 7.81. The van der Waals surface area contributed by atoms with Crippen molar-refractivity contribution in [1.29, 1.82) is 0 Å². The van der Waals surface area contributed by atoms with Crippen LogP contribution in [0, 0.1) is 12.8 Å². The lowest BCUT2D eigenvalue weighted by Crippen LogP contribution is -2.45. The molecule has 168 valence electrons. The minimum Gasteiger partial charge on any atom is -0.496 e. The van der Waals surface area contributed by atoms with Crippen LogP contribution in [0.3, 0.4) is 0 Å². The summed E-state index contributed by atoms with van der Waals surface area (Å²) in [6, 6.07) is 5.56. The van der Waals surface area contributed by atoms with Crippen molar-refractivity contribution in [2.75, 3.05) is 20.2 Å². The molecule has 0 spiro atoms. The number of benzene rings is 1. The lowest BCUT2D eigenvalue weighted by Gasteiger charge is -2.26. The van der Waals surface area contributed by atoms with Crippen molar-refractivity contribution < 1.29 is 9.53 Å². The molecule has 0 bridgehead atoms. The van der Waals surface area contributed by atoms with E-state index < -0.39 is 0 Å². The molecule has 2 aliphatic rings. The number of nitrogens with one attached hydrogen (secondary N) is 1. The van der Waals surface area contributed by atoms with Crippen molar-refractivity contribution >= 4 is 17.5 Å². The molecule has 1 aromatic carbocycles. The molecule has 1 saturated heterocycles. The quantitative estimate of drug-likeness (QED) is 0.662. The average Bonchev–Trinajstić information content (AvgIpc) is 3.11. The van der Waals surface area contributed by atoms with Gasteiger partial charge in [-0.05, 0) is 56.7 Å². The third kappa shape index (κ3) is 5.07. The highest BCUT2D eigenvalue weighted by atomic mass is 35.5. The number of amides is 1. The van der Waals surface area contributed by atoms with E-state index in [2.05, 4.69) is 9.99 Å². The fraction of sp³-hybridized carbons (Fsp3) is 0.583. The van der Waals surface area contributed by atoms with Crippen LogP contribution in [0.5, 0.6) is 5.75 Å². The molecule has 1 aliphatic carbocycles. The Kier molecular flexibility index (Phi) is 7.18. The number of piperidine rings is 1. The Morgan fingerprint density at radius 2 is 1.87 bits per heavy atom. The van der Waals surface area contributed by atoms with Gasteiger partial charge in [0.2, 0.25) is 0 Å². The van der Waals surface area contributed by atoms with Gasteiger partial charge in [0, 0.05) is 30.4 Å². The van der Waals surface area contributed by atoms with E-state index >= 15 is 0 Å². The van der Waals surface area contributed by atoms with E-state index in [1.54, 1.807) is 7.11 Å². The second kappa shape index (κ2) is 10.0. The van der Waals surface area contributed by atoms with Crippen LogP contribution in [0.4, 0.5) is 0 Å². The minimum atomic E-state index is -0.135. The van der Waals surface area contributed by atoms with Gasteiger partial charge in [0.25, 0.3) is 5.91 Å². The number of methoxy groups -OCH3 is 1. The van der Waals surface area contributed by atoms with Crippen molar-refractivity contribution in [2.45, 2.75) is 64.8 Å². The molecule has 0 unspecified atom stereocenters. The van der Waals surface area contributed by atoms with Gasteiger partial charge in [-0.2, -0.15) is 0 Å². The van der Waals surface area contributed by atoms with E-state index in [0.29, 0.717) is 22.4 Å². The fourth-order valence-corrected chi connectivity index (χ4v) is 5.04. The highest BCUT2D eigenvalue weighted by Gasteiger charge is 2.26. The van der Waals surface area contributed by atoms with Crippen LogP contribution in [0.15, 0.2) is 18.2 Å². The molecule has 7 heteroatoms. The van der Waals surface area contributed by atoms with Gasteiger partial charge >= 0.3 is 0 Å². The number of rotatable bonds is 6. The number of ether oxygens (including phenoxy) is 1. The smallest absolute Gasteiger partial charge is 0.286 e. The Bertz CT molecular complexity index is 915. The van der Waals surface area contributed by atoms with Crippen molar-refractivity contribution in [2.24, 2.45) is 5.92 Å². The van der Waals surface area contributed by atoms with Gasteiger partial charge in [0.15, 0.2) is 5.69 Å². The molecule has 2 heterocycles. The normalized spacial score (nSPS) is 18.2. The van der Waals surface area contributed by atoms with Gasteiger partial charge in [-0.1, -0.05) is 37.3 Å². The Morgan fingerprint density at radius 1 is 1.16 bits per heavy atom. The maximum atomic E-state index is 13.2. The van der Waals surface area contributed by atoms with Crippen LogP contribution >= 0.6 is 11.6 Å². The zero-order valence-electron chi connectivity index (χ0n) is 18.6. The zero-order valence-corrected chi connectivity index (χ0v) is 19.4. The molecule has 1 N–H and O–H groups in total. The van der Waals surface area contributed by atoms with Gasteiger partial charge in [0.1, 0.15) is 11.6 Å². The maximum absolute atomic E-state index is 13.2. The van der Waals surface area contributed by atoms with Crippen LogP contribution < -0.4 is 10.2 Å². The number of nitrogens with zero attached hydrogens (tertiary/aromatic N) is 3. The van der Waals surface area contributed by atoms with Crippen LogP contribution in [0.1, 0.15) is 67.5 Å². The summed E-state index contributed by atoms with van der Waals surface area (Å²) in [6.45, 7) is 4.65. The highest BCUT2D eigenvalue weighted by Crippen LogP contribution is 2.35. The Labute approximate surface area is 189 Å². The Morgan fingerprint density at radius 3 is 2.58 bits per heavy atom. The summed E-state index contributed by atoms with van der Waals surface area (Å²) in [5.41, 5.74) is 5.28. The topological polar surface area (TPSA) is 59.4 Å². The second-order valence-corrected chi connectivity index (χ2v) is 9.25. The average molecular weight is 445 g/mol. The number of hydrazine groups is 1. The molecule has 2 fully saturated rings. The Hall–Kier alpha value is -2.05. The van der Waals surface area contributed by atoms with Gasteiger partial charge in [0.05, 0.1) is 12.7 Å². The fourth-order valence-electron chi connectivity index (χ4n) is 4.86. The van der Waals surface area contributed by atoms with Crippen molar-refractivity contribution in [1.82, 2.24) is 20.0 Å². The van der Waals surface area contributed by atoms with E-state index in [9.17, 15) is 4.79 Å². The lowest BCUT2D eigenvalue weighted by atomic mass is 9.89. The predicted octanol–water partition coefficient (Wildman–Crippen LogP) is 5.23. The molecule has 1 aliphatic heterocycles. The summed E-state index contributed by atoms with van der Waals surface area (Å²) in [7, 11) is 1.65. The first-order valence-electron chi connectivity index (χ1n) is 11.5. The number of hydrogen-bond donors (Lipinski definition) is 1. The standard InChI is InChI=1S/C24H33ClN4O2/c1-17-22(24(30)27-28-13-7-4-8-14-28)26-23(20-15-19(25)11-12-21(20)31-2)29(17)16-18-9-5-3-6-10-18/h11-12,15,18H,3-10,13-14,16H2,1-2H3,(H,27,30). The molecule has 6 nitrogen and oxygen atoms in total. The second-order valence-electron chi connectivity index (χ2n) is 8.82. The molecule has 1 saturated carbocycles. The highest BCUT2D eigenvalue weighted by molar-refractivity contribution is 6.30. The van der Waals surface area contributed by atoms with Crippen molar-refractivity contribution in [3.63, 3.8) is 0 Å². The number of carbonyl (C=O) groups excluding carboxylic acids is 1. The first-order valence-corrected chi connectivity index (χ1v) is 11.9.